The van der Waals surface area contributed by atoms with Gasteiger partial charge in [-0.15, -0.1) is 0 Å². The van der Waals surface area contributed by atoms with Crippen LogP contribution in [0.3, 0.4) is 0 Å². The number of nitriles is 1. The molecule has 1 aromatic carbocycles. The first-order chi connectivity index (χ1) is 22.1. The third kappa shape index (κ3) is 7.96. The van der Waals surface area contributed by atoms with E-state index in [1.54, 1.807) is 17.7 Å². The highest BCUT2D eigenvalue weighted by Gasteiger charge is 2.59. The Kier molecular flexibility index (Phi) is 11.8. The maximum atomic E-state index is 12.6. The van der Waals surface area contributed by atoms with E-state index in [4.69, 9.17) is 19.5 Å². The van der Waals surface area contributed by atoms with Gasteiger partial charge in [0, 0.05) is 6.42 Å². The number of nitrogens with zero attached hydrogens (tertiary/aromatic N) is 1. The van der Waals surface area contributed by atoms with Gasteiger partial charge in [0.05, 0.1) is 24.8 Å². The molecule has 0 aliphatic heterocycles. The Morgan fingerprint density at radius 1 is 0.913 bits per heavy atom. The van der Waals surface area contributed by atoms with E-state index in [2.05, 4.69) is 46.8 Å². The van der Waals surface area contributed by atoms with Crippen molar-refractivity contribution in [1.82, 2.24) is 0 Å². The number of benzene rings is 1. The summed E-state index contributed by atoms with van der Waals surface area (Å²) in [6.07, 6.45) is 19.8. The van der Waals surface area contributed by atoms with Gasteiger partial charge in [-0.05, 0) is 141 Å². The Labute approximate surface area is 279 Å². The van der Waals surface area contributed by atoms with Gasteiger partial charge in [0.2, 0.25) is 0 Å². The van der Waals surface area contributed by atoms with Crippen LogP contribution in [-0.2, 0) is 9.47 Å². The SMILES string of the molecule is CC(C)CCC[C@@H](C)[C@H]1CC[C@H]2[C@@H]3CC=C4C[C@@H](OC(=O)OCCCCCCOc5ccc(C#N)cc5)CC[C@]4(C)[C@H]3CC[C@]12C. The van der Waals surface area contributed by atoms with E-state index in [0.29, 0.717) is 24.2 Å². The van der Waals surface area contributed by atoms with Crippen molar-refractivity contribution in [3.8, 4) is 11.8 Å². The topological polar surface area (TPSA) is 68.6 Å². The zero-order valence-electron chi connectivity index (χ0n) is 29.5. The molecule has 0 heterocycles. The fourth-order valence-electron chi connectivity index (χ4n) is 10.5. The Hall–Kier alpha value is -2.48. The van der Waals surface area contributed by atoms with Crippen molar-refractivity contribution in [1.29, 1.82) is 5.26 Å². The number of fused-ring (bicyclic) bond motifs is 5. The molecule has 3 saturated carbocycles. The number of allylic oxidation sites excluding steroid dienone is 1. The summed E-state index contributed by atoms with van der Waals surface area (Å²) in [6.45, 7) is 13.6. The summed E-state index contributed by atoms with van der Waals surface area (Å²) >= 11 is 0. The van der Waals surface area contributed by atoms with Crippen LogP contribution in [0.1, 0.15) is 136 Å². The fourth-order valence-corrected chi connectivity index (χ4v) is 10.5. The number of rotatable bonds is 14. The van der Waals surface area contributed by atoms with Gasteiger partial charge in [0.1, 0.15) is 11.9 Å². The van der Waals surface area contributed by atoms with Crippen LogP contribution in [0.2, 0.25) is 0 Å². The molecule has 1 aromatic rings. The predicted octanol–water partition coefficient (Wildman–Crippen LogP) is 11.1. The van der Waals surface area contributed by atoms with Crippen molar-refractivity contribution < 1.29 is 19.0 Å². The minimum Gasteiger partial charge on any atom is -0.494 e. The molecule has 5 heteroatoms. The minimum absolute atomic E-state index is 0.0563. The molecular weight excluding hydrogens is 570 g/mol. The van der Waals surface area contributed by atoms with Crippen LogP contribution in [0.5, 0.6) is 5.75 Å². The molecule has 4 aliphatic rings. The second-order valence-corrected chi connectivity index (χ2v) is 16.3. The molecule has 0 aromatic heterocycles. The first kappa shape index (κ1) is 34.8. The van der Waals surface area contributed by atoms with E-state index in [9.17, 15) is 4.79 Å². The van der Waals surface area contributed by atoms with Crippen LogP contribution in [0, 0.1) is 57.7 Å². The van der Waals surface area contributed by atoms with E-state index in [1.807, 2.05) is 12.1 Å². The van der Waals surface area contributed by atoms with Gasteiger partial charge in [-0.2, -0.15) is 5.26 Å². The predicted molar refractivity (Wildman–Crippen MR) is 184 cm³/mol. The van der Waals surface area contributed by atoms with E-state index in [-0.39, 0.29) is 11.5 Å². The van der Waals surface area contributed by atoms with Gasteiger partial charge in [0.15, 0.2) is 0 Å². The van der Waals surface area contributed by atoms with E-state index < -0.39 is 6.16 Å². The number of carbonyl (C=O) groups excluding carboxylic acids is 1. The monoisotopic (exact) mass is 631 g/mol. The Morgan fingerprint density at radius 2 is 1.67 bits per heavy atom. The van der Waals surface area contributed by atoms with E-state index in [1.165, 1.54) is 51.4 Å². The number of unbranched alkanes of at least 4 members (excludes halogenated alkanes) is 3. The second-order valence-electron chi connectivity index (χ2n) is 16.3. The van der Waals surface area contributed by atoms with Crippen molar-refractivity contribution in [3.63, 3.8) is 0 Å². The summed E-state index contributed by atoms with van der Waals surface area (Å²) in [5, 5.41) is 8.89. The molecule has 0 spiro atoms. The number of hydrogen-bond donors (Lipinski definition) is 0. The van der Waals surface area contributed by atoms with Crippen LogP contribution in [0.25, 0.3) is 0 Å². The molecule has 8 atom stereocenters. The van der Waals surface area contributed by atoms with Crippen molar-refractivity contribution in [2.24, 2.45) is 46.3 Å². The summed E-state index contributed by atoms with van der Waals surface area (Å²) in [6, 6.07) is 9.32. The normalized spacial score (nSPS) is 32.4. The lowest BCUT2D eigenvalue weighted by Crippen LogP contribution is -2.51. The third-order valence-corrected chi connectivity index (χ3v) is 13.0. The van der Waals surface area contributed by atoms with Crippen molar-refractivity contribution in [2.75, 3.05) is 13.2 Å². The number of ether oxygens (including phenoxy) is 3. The van der Waals surface area contributed by atoms with Crippen LogP contribution in [0.4, 0.5) is 4.79 Å². The Bertz CT molecular complexity index is 1220. The first-order valence-corrected chi connectivity index (χ1v) is 18.8. The quantitative estimate of drug-likeness (QED) is 0.116. The van der Waals surface area contributed by atoms with Crippen LogP contribution in [-0.4, -0.2) is 25.5 Å². The summed E-state index contributed by atoms with van der Waals surface area (Å²) in [5.74, 6) is 5.83. The molecule has 0 N–H and O–H groups in total. The highest BCUT2D eigenvalue weighted by Crippen LogP contribution is 2.67. The third-order valence-electron chi connectivity index (χ3n) is 13.0. The summed E-state index contributed by atoms with van der Waals surface area (Å²) in [4.78, 5) is 12.6. The van der Waals surface area contributed by atoms with E-state index in [0.717, 1.165) is 86.2 Å². The molecule has 0 amide bonds. The maximum absolute atomic E-state index is 12.6. The summed E-state index contributed by atoms with van der Waals surface area (Å²) < 4.78 is 17.1. The van der Waals surface area contributed by atoms with Gasteiger partial charge < -0.3 is 14.2 Å². The lowest BCUT2D eigenvalue weighted by atomic mass is 9.47. The van der Waals surface area contributed by atoms with Gasteiger partial charge in [0.25, 0.3) is 0 Å². The molecule has 0 radical (unpaired) electrons. The van der Waals surface area contributed by atoms with Crippen molar-refractivity contribution in [3.05, 3.63) is 41.5 Å². The number of hydrogen-bond acceptors (Lipinski definition) is 5. The highest BCUT2D eigenvalue weighted by atomic mass is 16.7. The summed E-state index contributed by atoms with van der Waals surface area (Å²) in [5.41, 5.74) is 2.97. The molecule has 3 fully saturated rings. The van der Waals surface area contributed by atoms with Gasteiger partial charge in [-0.25, -0.2) is 4.79 Å². The van der Waals surface area contributed by atoms with Gasteiger partial charge in [-0.3, -0.25) is 0 Å². The molecule has 5 rings (SSSR count). The standard InChI is InChI=1S/C41H61NO4/c1-29(2)11-10-12-30(3)36-19-20-37-35-18-15-32-27-34(21-23-40(32,4)38(35)22-24-41(36,37)5)46-39(43)45-26-9-7-6-8-25-44-33-16-13-31(28-42)14-17-33/h13-17,29-30,34-38H,6-12,18-27H2,1-5H3/t30-,34+,35+,36-,37+,38+,40+,41-/m1/s1. The van der Waals surface area contributed by atoms with Gasteiger partial charge >= 0.3 is 6.16 Å². The number of carbonyl (C=O) groups is 1. The molecule has 0 bridgehead atoms. The summed E-state index contributed by atoms with van der Waals surface area (Å²) in [7, 11) is 0. The smallest absolute Gasteiger partial charge is 0.494 e. The average Bonchev–Trinajstić information content (AvgIpc) is 3.40. The molecular formula is C41H61NO4. The maximum Gasteiger partial charge on any atom is 0.508 e. The molecule has 46 heavy (non-hydrogen) atoms. The molecule has 4 aliphatic carbocycles. The molecule has 5 nitrogen and oxygen atoms in total. The Balaban J connectivity index is 1.02. The lowest BCUT2D eigenvalue weighted by Gasteiger charge is -2.58. The average molecular weight is 632 g/mol. The molecule has 254 valence electrons. The zero-order chi connectivity index (χ0) is 32.7. The van der Waals surface area contributed by atoms with Crippen LogP contribution >= 0.6 is 0 Å². The largest absolute Gasteiger partial charge is 0.508 e. The van der Waals surface area contributed by atoms with Crippen molar-refractivity contribution in [2.45, 2.75) is 137 Å². The minimum atomic E-state index is -0.500. The highest BCUT2D eigenvalue weighted by molar-refractivity contribution is 5.60. The second kappa shape index (κ2) is 15.6. The Morgan fingerprint density at radius 3 is 2.41 bits per heavy atom. The van der Waals surface area contributed by atoms with Crippen molar-refractivity contribution >= 4 is 6.16 Å². The zero-order valence-corrected chi connectivity index (χ0v) is 29.5. The lowest BCUT2D eigenvalue weighted by molar-refractivity contribution is -0.0617. The van der Waals surface area contributed by atoms with Crippen LogP contribution in [0.15, 0.2) is 35.9 Å². The molecule has 0 saturated heterocycles. The van der Waals surface area contributed by atoms with E-state index >= 15 is 0 Å². The first-order valence-electron chi connectivity index (χ1n) is 18.8. The van der Waals surface area contributed by atoms with Crippen LogP contribution < -0.4 is 4.74 Å². The van der Waals surface area contributed by atoms with Gasteiger partial charge in [-0.1, -0.05) is 65.5 Å². The fraction of sp³-hybridized carbons (Fsp3) is 0.756. The molecule has 0 unspecified atom stereocenters.